The molecule has 0 radical (unpaired) electrons. The molecule has 3 rings (SSSR count). The van der Waals surface area contributed by atoms with Crippen molar-refractivity contribution in [1.29, 1.82) is 0 Å². The minimum absolute atomic E-state index is 0.410. The Morgan fingerprint density at radius 2 is 1.95 bits per heavy atom. The predicted octanol–water partition coefficient (Wildman–Crippen LogP) is 3.38. The van der Waals surface area contributed by atoms with Crippen LogP contribution in [0.1, 0.15) is 43.9 Å². The fourth-order valence-corrected chi connectivity index (χ4v) is 2.73. The van der Waals surface area contributed by atoms with Gasteiger partial charge in [-0.2, -0.15) is 0 Å². The third kappa shape index (κ3) is 2.61. The van der Waals surface area contributed by atoms with Crippen molar-refractivity contribution >= 4 is 5.69 Å². The van der Waals surface area contributed by atoms with Crippen LogP contribution in [0.3, 0.4) is 0 Å². The van der Waals surface area contributed by atoms with Crippen LogP contribution in [0.5, 0.6) is 5.75 Å². The topological polar surface area (TPSA) is 74.2 Å². The lowest BCUT2D eigenvalue weighted by Crippen LogP contribution is -2.04. The number of ether oxygens (including phenoxy) is 1. The number of hydrogen-bond donors (Lipinski definition) is 1. The number of nitrogens with zero attached hydrogens (tertiary/aromatic N) is 2. The second-order valence-corrected chi connectivity index (χ2v) is 5.28. The molecule has 2 aromatic rings. The Bertz CT molecular complexity index is 589. The minimum atomic E-state index is 0.410. The standard InChI is InChI=1S/C15H19N3O2/c1-19-13-8-11(7-12(16)9-13)15-18-17-14(20-15)10-5-3-2-4-6-10/h7-10H,2-6,16H2,1H3. The van der Waals surface area contributed by atoms with E-state index >= 15 is 0 Å². The van der Waals surface area contributed by atoms with Gasteiger partial charge in [0.05, 0.1) is 7.11 Å². The van der Waals surface area contributed by atoms with Crippen molar-refractivity contribution in [3.05, 3.63) is 24.1 Å². The second-order valence-electron chi connectivity index (χ2n) is 5.28. The van der Waals surface area contributed by atoms with Crippen molar-refractivity contribution in [3.8, 4) is 17.2 Å². The Morgan fingerprint density at radius 1 is 1.15 bits per heavy atom. The maximum atomic E-state index is 5.85. The fourth-order valence-electron chi connectivity index (χ4n) is 2.73. The van der Waals surface area contributed by atoms with E-state index in [0.717, 1.165) is 24.3 Å². The average Bonchev–Trinajstić information content (AvgIpc) is 2.97. The summed E-state index contributed by atoms with van der Waals surface area (Å²) in [5.74, 6) is 2.36. The summed E-state index contributed by atoms with van der Waals surface area (Å²) in [5, 5.41) is 8.35. The Labute approximate surface area is 118 Å². The van der Waals surface area contributed by atoms with Crippen molar-refractivity contribution in [2.24, 2.45) is 0 Å². The SMILES string of the molecule is COc1cc(N)cc(-c2nnc(C3CCCCC3)o2)c1. The van der Waals surface area contributed by atoms with Crippen LogP contribution in [0.25, 0.3) is 11.5 Å². The minimum Gasteiger partial charge on any atom is -0.497 e. The molecule has 0 saturated heterocycles. The molecular weight excluding hydrogens is 254 g/mol. The highest BCUT2D eigenvalue weighted by molar-refractivity contribution is 5.63. The van der Waals surface area contributed by atoms with Gasteiger partial charge in [0.25, 0.3) is 0 Å². The van der Waals surface area contributed by atoms with Gasteiger partial charge in [0.15, 0.2) is 0 Å². The molecule has 1 saturated carbocycles. The van der Waals surface area contributed by atoms with Gasteiger partial charge in [0.1, 0.15) is 5.75 Å². The maximum absolute atomic E-state index is 5.85. The third-order valence-corrected chi connectivity index (χ3v) is 3.81. The van der Waals surface area contributed by atoms with E-state index in [4.69, 9.17) is 14.9 Å². The molecule has 0 spiro atoms. The van der Waals surface area contributed by atoms with E-state index in [-0.39, 0.29) is 0 Å². The van der Waals surface area contributed by atoms with Gasteiger partial charge in [-0.15, -0.1) is 10.2 Å². The second kappa shape index (κ2) is 5.53. The van der Waals surface area contributed by atoms with Gasteiger partial charge in [-0.05, 0) is 25.0 Å². The van der Waals surface area contributed by atoms with Gasteiger partial charge in [-0.1, -0.05) is 19.3 Å². The first-order valence-corrected chi connectivity index (χ1v) is 7.04. The molecule has 1 fully saturated rings. The number of nitrogen functional groups attached to an aromatic ring is 1. The monoisotopic (exact) mass is 273 g/mol. The number of anilines is 1. The Hall–Kier alpha value is -2.04. The number of aromatic nitrogens is 2. The van der Waals surface area contributed by atoms with Crippen LogP contribution < -0.4 is 10.5 Å². The van der Waals surface area contributed by atoms with E-state index in [0.29, 0.717) is 23.2 Å². The Morgan fingerprint density at radius 3 is 2.70 bits per heavy atom. The zero-order valence-corrected chi connectivity index (χ0v) is 11.6. The quantitative estimate of drug-likeness (QED) is 0.868. The molecule has 5 nitrogen and oxygen atoms in total. The van der Waals surface area contributed by atoms with Gasteiger partial charge in [-0.25, -0.2) is 0 Å². The van der Waals surface area contributed by atoms with Gasteiger partial charge in [0, 0.05) is 23.2 Å². The zero-order valence-electron chi connectivity index (χ0n) is 11.6. The van der Waals surface area contributed by atoms with Crippen LogP contribution in [-0.4, -0.2) is 17.3 Å². The van der Waals surface area contributed by atoms with E-state index in [9.17, 15) is 0 Å². The number of nitrogens with two attached hydrogens (primary N) is 1. The molecule has 106 valence electrons. The first kappa shape index (κ1) is 13.0. The highest BCUT2D eigenvalue weighted by Crippen LogP contribution is 2.34. The van der Waals surface area contributed by atoms with E-state index in [1.807, 2.05) is 12.1 Å². The molecule has 1 aliphatic carbocycles. The van der Waals surface area contributed by atoms with E-state index in [1.54, 1.807) is 13.2 Å². The van der Waals surface area contributed by atoms with Crippen molar-refractivity contribution in [2.45, 2.75) is 38.0 Å². The van der Waals surface area contributed by atoms with Crippen molar-refractivity contribution in [1.82, 2.24) is 10.2 Å². The molecule has 0 bridgehead atoms. The molecule has 5 heteroatoms. The number of methoxy groups -OCH3 is 1. The summed E-state index contributed by atoms with van der Waals surface area (Å²) >= 11 is 0. The molecule has 0 amide bonds. The fraction of sp³-hybridized carbons (Fsp3) is 0.467. The summed E-state index contributed by atoms with van der Waals surface area (Å²) < 4.78 is 11.0. The molecule has 0 aliphatic heterocycles. The maximum Gasteiger partial charge on any atom is 0.247 e. The normalized spacial score (nSPS) is 16.2. The van der Waals surface area contributed by atoms with Gasteiger partial charge < -0.3 is 14.9 Å². The van der Waals surface area contributed by atoms with Crippen LogP contribution in [-0.2, 0) is 0 Å². The smallest absolute Gasteiger partial charge is 0.247 e. The van der Waals surface area contributed by atoms with Gasteiger partial charge >= 0.3 is 0 Å². The van der Waals surface area contributed by atoms with E-state index < -0.39 is 0 Å². The first-order chi connectivity index (χ1) is 9.76. The lowest BCUT2D eigenvalue weighted by atomic mass is 9.89. The molecular formula is C15H19N3O2. The van der Waals surface area contributed by atoms with Crippen molar-refractivity contribution in [3.63, 3.8) is 0 Å². The molecule has 1 aromatic heterocycles. The highest BCUT2D eigenvalue weighted by Gasteiger charge is 2.21. The molecule has 0 atom stereocenters. The van der Waals surface area contributed by atoms with Gasteiger partial charge in [-0.3, -0.25) is 0 Å². The molecule has 1 aliphatic rings. The summed E-state index contributed by atoms with van der Waals surface area (Å²) in [6, 6.07) is 5.44. The number of hydrogen-bond acceptors (Lipinski definition) is 5. The van der Waals surface area contributed by atoms with E-state index in [1.165, 1.54) is 19.3 Å². The highest BCUT2D eigenvalue weighted by atomic mass is 16.5. The first-order valence-electron chi connectivity index (χ1n) is 7.04. The molecule has 20 heavy (non-hydrogen) atoms. The summed E-state index contributed by atoms with van der Waals surface area (Å²) in [5.41, 5.74) is 7.28. The summed E-state index contributed by atoms with van der Waals surface area (Å²) in [7, 11) is 1.61. The average molecular weight is 273 g/mol. The predicted molar refractivity (Wildman–Crippen MR) is 76.5 cm³/mol. The van der Waals surface area contributed by atoms with Crippen molar-refractivity contribution in [2.75, 3.05) is 12.8 Å². The lowest BCUT2D eigenvalue weighted by Gasteiger charge is -2.17. The molecule has 1 aromatic carbocycles. The summed E-state index contributed by atoms with van der Waals surface area (Å²) in [4.78, 5) is 0. The Balaban J connectivity index is 1.87. The molecule has 0 unspecified atom stereocenters. The summed E-state index contributed by atoms with van der Waals surface area (Å²) in [6.07, 6.45) is 6.08. The van der Waals surface area contributed by atoms with Crippen LogP contribution in [0.2, 0.25) is 0 Å². The zero-order chi connectivity index (χ0) is 13.9. The molecule has 1 heterocycles. The number of benzene rings is 1. The summed E-state index contributed by atoms with van der Waals surface area (Å²) in [6.45, 7) is 0. The number of rotatable bonds is 3. The lowest BCUT2D eigenvalue weighted by molar-refractivity contribution is 0.367. The van der Waals surface area contributed by atoms with Crippen molar-refractivity contribution < 1.29 is 9.15 Å². The van der Waals surface area contributed by atoms with Crippen LogP contribution in [0, 0.1) is 0 Å². The Kier molecular flexibility index (Phi) is 3.58. The van der Waals surface area contributed by atoms with Crippen LogP contribution >= 0.6 is 0 Å². The van der Waals surface area contributed by atoms with Crippen LogP contribution in [0.4, 0.5) is 5.69 Å². The molecule has 2 N–H and O–H groups in total. The van der Waals surface area contributed by atoms with Gasteiger partial charge in [0.2, 0.25) is 11.8 Å². The third-order valence-electron chi connectivity index (χ3n) is 3.81. The van der Waals surface area contributed by atoms with E-state index in [2.05, 4.69) is 10.2 Å². The largest absolute Gasteiger partial charge is 0.497 e. The van der Waals surface area contributed by atoms with Crippen LogP contribution in [0.15, 0.2) is 22.6 Å².